The number of rotatable bonds is 7. The van der Waals surface area contributed by atoms with Crippen molar-refractivity contribution in [3.8, 4) is 0 Å². The van der Waals surface area contributed by atoms with Crippen LogP contribution in [0.3, 0.4) is 0 Å². The highest BCUT2D eigenvalue weighted by atomic mass is 16.2. The second kappa shape index (κ2) is 9.01. The van der Waals surface area contributed by atoms with Crippen LogP contribution in [0.1, 0.15) is 50.8 Å². The molecule has 7 heteroatoms. The van der Waals surface area contributed by atoms with Gasteiger partial charge in [-0.3, -0.25) is 9.59 Å². The van der Waals surface area contributed by atoms with E-state index < -0.39 is 0 Å². The number of nitrogens with one attached hydrogen (secondary N) is 2. The summed E-state index contributed by atoms with van der Waals surface area (Å²) in [4.78, 5) is 31.8. The van der Waals surface area contributed by atoms with Crippen molar-refractivity contribution < 1.29 is 9.59 Å². The fourth-order valence-electron chi connectivity index (χ4n) is 3.46. The number of aromatic nitrogens is 2. The van der Waals surface area contributed by atoms with Crippen LogP contribution in [0, 0.1) is 6.92 Å². The Hall–Kier alpha value is -2.67. The highest BCUT2D eigenvalue weighted by molar-refractivity contribution is 5.97. The third kappa shape index (κ3) is 4.78. The molecule has 1 aromatic carbocycles. The van der Waals surface area contributed by atoms with Gasteiger partial charge in [0.15, 0.2) is 5.82 Å². The van der Waals surface area contributed by atoms with E-state index in [4.69, 9.17) is 0 Å². The topological polar surface area (TPSA) is 79.3 Å². The Bertz CT molecular complexity index is 856. The lowest BCUT2D eigenvalue weighted by Crippen LogP contribution is -2.33. The van der Waals surface area contributed by atoms with Gasteiger partial charge in [0.25, 0.3) is 11.8 Å². The minimum atomic E-state index is -0.223. The molecule has 2 amide bonds. The minimum absolute atomic E-state index is 0.220. The Kier molecular flexibility index (Phi) is 6.46. The fourth-order valence-corrected chi connectivity index (χ4v) is 3.46. The number of benzene rings is 1. The number of carbonyl (C=O) groups excluding carboxylic acids is 2. The van der Waals surface area contributed by atoms with Gasteiger partial charge in [-0.2, -0.15) is 0 Å². The van der Waals surface area contributed by atoms with Crippen molar-refractivity contribution in [1.82, 2.24) is 25.1 Å². The van der Waals surface area contributed by atoms with E-state index in [1.54, 1.807) is 0 Å². The highest BCUT2D eigenvalue weighted by Crippen LogP contribution is 2.21. The minimum Gasteiger partial charge on any atom is -0.348 e. The van der Waals surface area contributed by atoms with Crippen molar-refractivity contribution in [2.24, 2.45) is 0 Å². The number of aryl methyl sites for hydroxylation is 1. The average Bonchev–Trinajstić information content (AvgIpc) is 3.06. The van der Waals surface area contributed by atoms with Crippen molar-refractivity contribution >= 4 is 11.8 Å². The van der Waals surface area contributed by atoms with Crippen LogP contribution in [0.2, 0.25) is 0 Å². The Labute approximate surface area is 166 Å². The second-order valence-electron chi connectivity index (χ2n) is 7.57. The van der Waals surface area contributed by atoms with Gasteiger partial charge in [0.05, 0.1) is 5.69 Å². The number of amides is 2. The van der Waals surface area contributed by atoms with E-state index in [0.717, 1.165) is 49.2 Å². The predicted molar refractivity (Wildman–Crippen MR) is 108 cm³/mol. The summed E-state index contributed by atoms with van der Waals surface area (Å²) in [6.07, 6.45) is 2.77. The monoisotopic (exact) mass is 383 g/mol. The number of nitrogens with zero attached hydrogens (tertiary/aromatic N) is 3. The van der Waals surface area contributed by atoms with Crippen molar-refractivity contribution in [1.29, 1.82) is 0 Å². The Morgan fingerprint density at radius 2 is 2.00 bits per heavy atom. The molecular formula is C21H29N5O2. The molecule has 0 radical (unpaired) electrons. The lowest BCUT2D eigenvalue weighted by molar-refractivity contribution is 0.0935. The number of carbonyl (C=O) groups is 2. The fraction of sp³-hybridized carbons (Fsp3) is 0.476. The summed E-state index contributed by atoms with van der Waals surface area (Å²) >= 11 is 0. The van der Waals surface area contributed by atoms with Crippen LogP contribution in [-0.4, -0.2) is 53.5 Å². The van der Waals surface area contributed by atoms with Gasteiger partial charge in [0.2, 0.25) is 0 Å². The molecule has 0 atom stereocenters. The maximum atomic E-state index is 12.8. The third-order valence-electron chi connectivity index (χ3n) is 4.92. The van der Waals surface area contributed by atoms with Gasteiger partial charge < -0.3 is 20.1 Å². The molecule has 150 valence electrons. The van der Waals surface area contributed by atoms with E-state index in [0.29, 0.717) is 24.6 Å². The predicted octanol–water partition coefficient (Wildman–Crippen LogP) is 1.75. The summed E-state index contributed by atoms with van der Waals surface area (Å²) in [6.45, 7) is 4.49. The van der Waals surface area contributed by atoms with E-state index in [9.17, 15) is 9.59 Å². The Balaban J connectivity index is 1.74. The molecule has 0 unspecified atom stereocenters. The van der Waals surface area contributed by atoms with Crippen LogP contribution in [0.4, 0.5) is 0 Å². The van der Waals surface area contributed by atoms with Crippen LogP contribution in [0.5, 0.6) is 0 Å². The van der Waals surface area contributed by atoms with Crippen LogP contribution in [0.15, 0.2) is 24.3 Å². The maximum Gasteiger partial charge on any atom is 0.287 e. The van der Waals surface area contributed by atoms with Gasteiger partial charge in [-0.05, 0) is 45.8 Å². The van der Waals surface area contributed by atoms with Gasteiger partial charge in [0, 0.05) is 26.2 Å². The molecule has 0 fully saturated rings. The van der Waals surface area contributed by atoms with Crippen LogP contribution in [0.25, 0.3) is 0 Å². The molecule has 1 aromatic heterocycles. The molecule has 2 heterocycles. The smallest absolute Gasteiger partial charge is 0.287 e. The van der Waals surface area contributed by atoms with Crippen molar-refractivity contribution in [2.75, 3.05) is 27.2 Å². The summed E-state index contributed by atoms with van der Waals surface area (Å²) in [5.41, 5.74) is 3.45. The molecule has 1 aliphatic heterocycles. The molecule has 28 heavy (non-hydrogen) atoms. The molecule has 0 aliphatic carbocycles. The summed E-state index contributed by atoms with van der Waals surface area (Å²) in [5, 5.41) is 5.85. The van der Waals surface area contributed by atoms with Gasteiger partial charge >= 0.3 is 0 Å². The van der Waals surface area contributed by atoms with Crippen LogP contribution < -0.4 is 10.6 Å². The first-order valence-corrected chi connectivity index (χ1v) is 9.82. The van der Waals surface area contributed by atoms with E-state index in [2.05, 4.69) is 15.6 Å². The molecule has 3 rings (SSSR count). The summed E-state index contributed by atoms with van der Waals surface area (Å²) in [5.74, 6) is -0.101. The van der Waals surface area contributed by atoms with E-state index >= 15 is 0 Å². The number of imidazole rings is 1. The van der Waals surface area contributed by atoms with E-state index in [1.807, 2.05) is 54.8 Å². The first-order valence-electron chi connectivity index (χ1n) is 9.82. The number of hydrogen-bond donors (Lipinski definition) is 2. The normalized spacial score (nSPS) is 13.3. The first kappa shape index (κ1) is 20.1. The first-order chi connectivity index (χ1) is 13.5. The molecule has 1 aliphatic rings. The standard InChI is InChI=1S/C21H29N5O2/c1-15-7-6-8-16(13-15)14-23-20(27)18-17-9-4-5-11-26(17)19(24-18)21(28)22-10-12-25(2)3/h6-8,13H,4-5,9-12,14H2,1-3H3,(H,22,28)(H,23,27). The zero-order valence-electron chi connectivity index (χ0n) is 16.9. The van der Waals surface area contributed by atoms with Gasteiger partial charge in [-0.15, -0.1) is 0 Å². The number of fused-ring (bicyclic) bond motifs is 1. The van der Waals surface area contributed by atoms with Crippen LogP contribution >= 0.6 is 0 Å². The molecule has 2 aromatic rings. The summed E-state index contributed by atoms with van der Waals surface area (Å²) in [7, 11) is 3.92. The maximum absolute atomic E-state index is 12.8. The van der Waals surface area contributed by atoms with E-state index in [1.165, 1.54) is 0 Å². The summed E-state index contributed by atoms with van der Waals surface area (Å²) < 4.78 is 1.91. The van der Waals surface area contributed by atoms with Crippen LogP contribution in [-0.2, 0) is 19.5 Å². The molecule has 0 spiro atoms. The van der Waals surface area contributed by atoms with Crippen molar-refractivity contribution in [2.45, 2.75) is 39.3 Å². The molecule has 2 N–H and O–H groups in total. The Morgan fingerprint density at radius 3 is 2.75 bits per heavy atom. The molecular weight excluding hydrogens is 354 g/mol. The molecule has 7 nitrogen and oxygen atoms in total. The molecule has 0 saturated carbocycles. The lowest BCUT2D eigenvalue weighted by Gasteiger charge is -2.17. The third-order valence-corrected chi connectivity index (χ3v) is 4.92. The Morgan fingerprint density at radius 1 is 1.18 bits per heavy atom. The lowest BCUT2D eigenvalue weighted by atomic mass is 10.1. The summed E-state index contributed by atoms with van der Waals surface area (Å²) in [6, 6.07) is 8.04. The van der Waals surface area contributed by atoms with Gasteiger partial charge in [-0.1, -0.05) is 29.8 Å². The largest absolute Gasteiger partial charge is 0.348 e. The molecule has 0 bridgehead atoms. The highest BCUT2D eigenvalue weighted by Gasteiger charge is 2.27. The average molecular weight is 383 g/mol. The van der Waals surface area contributed by atoms with Crippen molar-refractivity contribution in [3.63, 3.8) is 0 Å². The SMILES string of the molecule is Cc1cccc(CNC(=O)c2nc(C(=O)NCCN(C)C)n3c2CCCC3)c1. The van der Waals surface area contributed by atoms with E-state index in [-0.39, 0.29) is 11.8 Å². The second-order valence-corrected chi connectivity index (χ2v) is 7.57. The van der Waals surface area contributed by atoms with Gasteiger partial charge in [0.1, 0.15) is 5.69 Å². The number of hydrogen-bond acceptors (Lipinski definition) is 4. The number of likely N-dealkylation sites (N-methyl/N-ethyl adjacent to an activating group) is 1. The zero-order chi connectivity index (χ0) is 20.1. The molecule has 0 saturated heterocycles. The zero-order valence-corrected chi connectivity index (χ0v) is 16.9. The quantitative estimate of drug-likeness (QED) is 0.763. The van der Waals surface area contributed by atoms with Gasteiger partial charge in [-0.25, -0.2) is 4.98 Å². The van der Waals surface area contributed by atoms with Crippen molar-refractivity contribution in [3.05, 3.63) is 52.6 Å².